The topological polar surface area (TPSA) is 49.9 Å². The Balaban J connectivity index is 0.00000240. The van der Waals surface area contributed by atoms with Gasteiger partial charge in [-0.15, -0.1) is 18.8 Å². The highest BCUT2D eigenvalue weighted by atomic mass is 35.5. The molecule has 1 unspecified atom stereocenters. The Kier molecular flexibility index (Phi) is 6.17. The molecule has 1 aliphatic carbocycles. The maximum absolute atomic E-state index is 5.93. The predicted molar refractivity (Wildman–Crippen MR) is 120 cm³/mol. The molecule has 150 valence electrons. The molecule has 0 bridgehead atoms. The average Bonchev–Trinajstić information content (AvgIpc) is 3.20. The van der Waals surface area contributed by atoms with E-state index in [2.05, 4.69) is 39.2 Å². The molecule has 4 rings (SSSR count). The van der Waals surface area contributed by atoms with Crippen LogP contribution in [0.5, 0.6) is 5.75 Å². The molecule has 0 saturated heterocycles. The van der Waals surface area contributed by atoms with Crippen molar-refractivity contribution in [1.82, 2.24) is 9.88 Å². The number of terminal acetylenes is 1. The van der Waals surface area contributed by atoms with Crippen LogP contribution in [0.2, 0.25) is 0 Å². The van der Waals surface area contributed by atoms with Gasteiger partial charge < -0.3 is 19.5 Å². The monoisotopic (exact) mass is 409 g/mol. The van der Waals surface area contributed by atoms with E-state index >= 15 is 0 Å². The van der Waals surface area contributed by atoms with Crippen molar-refractivity contribution in [1.29, 1.82) is 0 Å². The lowest BCUT2D eigenvalue weighted by Gasteiger charge is -2.11. The summed E-state index contributed by atoms with van der Waals surface area (Å²) >= 11 is 0. The normalized spacial score (nSPS) is 14.2. The first-order valence-corrected chi connectivity index (χ1v) is 9.32. The summed E-state index contributed by atoms with van der Waals surface area (Å²) in [4.78, 5) is 11.1. The molecule has 0 radical (unpaired) electrons. The Morgan fingerprint density at radius 1 is 1.17 bits per heavy atom. The van der Waals surface area contributed by atoms with Crippen LogP contribution in [0.4, 0.5) is 0 Å². The summed E-state index contributed by atoms with van der Waals surface area (Å²) in [5.74, 6) is 3.39. The molecule has 3 aromatic rings. The molecule has 0 fully saturated rings. The van der Waals surface area contributed by atoms with E-state index < -0.39 is 0 Å². The quantitative estimate of drug-likeness (QED) is 0.381. The third-order valence-corrected chi connectivity index (χ3v) is 4.80. The summed E-state index contributed by atoms with van der Waals surface area (Å²) in [5, 5.41) is 5.48. The molecule has 6 heteroatoms. The molecule has 0 aliphatic heterocycles. The lowest BCUT2D eigenvalue weighted by atomic mass is 10.1. The molecule has 0 spiro atoms. The van der Waals surface area contributed by atoms with E-state index in [1.807, 2.05) is 38.4 Å². The number of likely N-dealkylation sites (N-methyl/N-ethyl adjacent to an activating group) is 1. The number of rotatable bonds is 6. The zero-order chi connectivity index (χ0) is 19.7. The van der Waals surface area contributed by atoms with Crippen LogP contribution >= 0.6 is 12.4 Å². The van der Waals surface area contributed by atoms with Gasteiger partial charge >= 0.3 is 0 Å². The van der Waals surface area contributed by atoms with E-state index in [4.69, 9.17) is 16.0 Å². The summed E-state index contributed by atoms with van der Waals surface area (Å²) in [5.41, 5.74) is 6.06. The zero-order valence-corrected chi connectivity index (χ0v) is 17.5. The van der Waals surface area contributed by atoms with Gasteiger partial charge in [0.2, 0.25) is 0 Å². The third kappa shape index (κ3) is 3.95. The van der Waals surface area contributed by atoms with E-state index in [0.717, 1.165) is 51.3 Å². The van der Waals surface area contributed by atoms with Crippen LogP contribution in [-0.2, 0) is 4.84 Å². The Labute approximate surface area is 177 Å². The molecule has 1 aliphatic rings. The van der Waals surface area contributed by atoms with E-state index in [1.165, 1.54) is 0 Å². The fraction of sp³-hybridized carbons (Fsp3) is 0.261. The number of H-pyrrole nitrogens is 1. The standard InChI is InChI=1S/C23H23N3O2.ClH/c1-5-15(2)28-25-23-18-9-7-6-8-17(18)22-21(23)19-14-16(10-11-20(19)24-22)27-13-12-26(3)4;/h1,6-11,14-15,24H,12-13H2,2-4H3;1H/b25-23-;. The number of nitrogens with zero attached hydrogens (tertiary/aromatic N) is 2. The SMILES string of the molecule is C#CC(C)O/N=C1/c2ccccc2-c2[nH]c3ccc(OCCN(C)C)cc3c21.Cl. The maximum atomic E-state index is 5.93. The first-order valence-electron chi connectivity index (χ1n) is 9.32. The van der Waals surface area contributed by atoms with Crippen LogP contribution in [0.1, 0.15) is 18.1 Å². The average molecular weight is 410 g/mol. The van der Waals surface area contributed by atoms with Crippen molar-refractivity contribution in [3.63, 3.8) is 0 Å². The summed E-state index contributed by atoms with van der Waals surface area (Å²) in [6, 6.07) is 14.3. The molecule has 1 heterocycles. The van der Waals surface area contributed by atoms with Gasteiger partial charge in [0.15, 0.2) is 6.10 Å². The van der Waals surface area contributed by atoms with Gasteiger partial charge in [-0.25, -0.2) is 0 Å². The minimum absolute atomic E-state index is 0. The van der Waals surface area contributed by atoms with Crippen molar-refractivity contribution in [3.8, 4) is 29.4 Å². The minimum atomic E-state index is -0.390. The van der Waals surface area contributed by atoms with Crippen LogP contribution in [-0.4, -0.2) is 48.9 Å². The molecule has 1 aromatic heterocycles. The van der Waals surface area contributed by atoms with Crippen molar-refractivity contribution in [2.24, 2.45) is 5.16 Å². The molecule has 0 saturated carbocycles. The Hall–Kier alpha value is -2.94. The molecule has 5 nitrogen and oxygen atoms in total. The van der Waals surface area contributed by atoms with Crippen LogP contribution in [0.25, 0.3) is 22.2 Å². The van der Waals surface area contributed by atoms with Gasteiger partial charge in [0, 0.05) is 34.1 Å². The van der Waals surface area contributed by atoms with E-state index in [1.54, 1.807) is 6.92 Å². The lowest BCUT2D eigenvalue weighted by Crippen LogP contribution is -2.19. The summed E-state index contributed by atoms with van der Waals surface area (Å²) < 4.78 is 5.93. The molecule has 2 aromatic carbocycles. The zero-order valence-electron chi connectivity index (χ0n) is 16.7. The number of oxime groups is 1. The summed E-state index contributed by atoms with van der Waals surface area (Å²) in [6.45, 7) is 3.30. The summed E-state index contributed by atoms with van der Waals surface area (Å²) in [6.07, 6.45) is 5.04. The number of hydrogen-bond acceptors (Lipinski definition) is 4. The molecule has 1 N–H and O–H groups in total. The van der Waals surface area contributed by atoms with Gasteiger partial charge in [-0.05, 0) is 39.2 Å². The van der Waals surface area contributed by atoms with Crippen molar-refractivity contribution >= 4 is 29.0 Å². The van der Waals surface area contributed by atoms with Crippen molar-refractivity contribution in [3.05, 3.63) is 53.6 Å². The highest BCUT2D eigenvalue weighted by Crippen LogP contribution is 2.41. The molecule has 0 amide bonds. The van der Waals surface area contributed by atoms with E-state index in [0.29, 0.717) is 6.61 Å². The number of fused-ring (bicyclic) bond motifs is 5. The largest absolute Gasteiger partial charge is 0.492 e. The second-order valence-corrected chi connectivity index (χ2v) is 7.13. The molecule has 1 atom stereocenters. The third-order valence-electron chi connectivity index (χ3n) is 4.80. The van der Waals surface area contributed by atoms with E-state index in [-0.39, 0.29) is 18.5 Å². The highest BCUT2D eigenvalue weighted by Gasteiger charge is 2.30. The van der Waals surface area contributed by atoms with Crippen LogP contribution in [0.15, 0.2) is 47.6 Å². The number of halogens is 1. The number of ether oxygens (including phenoxy) is 1. The molecular formula is C23H24ClN3O2. The number of benzene rings is 2. The van der Waals surface area contributed by atoms with Gasteiger partial charge in [0.05, 0.1) is 5.69 Å². The van der Waals surface area contributed by atoms with Gasteiger partial charge in [-0.2, -0.15) is 0 Å². The number of nitrogens with one attached hydrogen (secondary N) is 1. The smallest absolute Gasteiger partial charge is 0.184 e. The lowest BCUT2D eigenvalue weighted by molar-refractivity contribution is 0.113. The van der Waals surface area contributed by atoms with Gasteiger partial charge in [0.1, 0.15) is 18.1 Å². The van der Waals surface area contributed by atoms with Crippen molar-refractivity contribution in [2.45, 2.75) is 13.0 Å². The fourth-order valence-corrected chi connectivity index (χ4v) is 3.35. The fourth-order valence-electron chi connectivity index (χ4n) is 3.35. The first-order chi connectivity index (χ1) is 13.6. The van der Waals surface area contributed by atoms with Crippen molar-refractivity contribution < 1.29 is 9.57 Å². The Bertz CT molecular complexity index is 1100. The molecular weight excluding hydrogens is 386 g/mol. The van der Waals surface area contributed by atoms with Gasteiger partial charge in [-0.1, -0.05) is 35.3 Å². The first kappa shape index (κ1) is 20.8. The van der Waals surface area contributed by atoms with Crippen LogP contribution in [0, 0.1) is 12.3 Å². The van der Waals surface area contributed by atoms with Crippen LogP contribution < -0.4 is 4.74 Å². The number of hydrogen-bond donors (Lipinski definition) is 1. The second kappa shape index (κ2) is 8.60. The molecule has 29 heavy (non-hydrogen) atoms. The Morgan fingerprint density at radius 3 is 2.66 bits per heavy atom. The Morgan fingerprint density at radius 2 is 1.93 bits per heavy atom. The maximum Gasteiger partial charge on any atom is 0.184 e. The van der Waals surface area contributed by atoms with Gasteiger partial charge in [-0.3, -0.25) is 0 Å². The number of aromatic amines is 1. The van der Waals surface area contributed by atoms with E-state index in [9.17, 15) is 0 Å². The minimum Gasteiger partial charge on any atom is -0.492 e. The second-order valence-electron chi connectivity index (χ2n) is 7.13. The van der Waals surface area contributed by atoms with Crippen molar-refractivity contribution in [2.75, 3.05) is 27.2 Å². The highest BCUT2D eigenvalue weighted by molar-refractivity contribution is 6.29. The predicted octanol–water partition coefficient (Wildman–Crippen LogP) is 4.30. The van der Waals surface area contributed by atoms with Gasteiger partial charge in [0.25, 0.3) is 0 Å². The number of aromatic nitrogens is 1. The summed E-state index contributed by atoms with van der Waals surface area (Å²) in [7, 11) is 4.06. The van der Waals surface area contributed by atoms with Crippen LogP contribution in [0.3, 0.4) is 0 Å².